The molecule has 0 atom stereocenters. The first-order chi connectivity index (χ1) is 2.91. The van der Waals surface area contributed by atoms with Crippen molar-refractivity contribution < 1.29 is 0 Å². The van der Waals surface area contributed by atoms with Gasteiger partial charge < -0.3 is 0 Å². The molecule has 0 aliphatic heterocycles. The molecule has 0 bridgehead atoms. The van der Waals surface area contributed by atoms with Crippen LogP contribution in [0, 0.1) is 0 Å². The normalized spacial score (nSPS) is 10.3. The molecule has 36 valence electrons. The average molecular weight is 123 g/mol. The molecular formula is C4H7ClS. The van der Waals surface area contributed by atoms with Crippen LogP contribution in [0.1, 0.15) is 6.42 Å². The quantitative estimate of drug-likeness (QED) is 0.421. The Labute approximate surface area is 48.6 Å². The molecule has 0 amide bonds. The SMILES string of the molecule is SC=CCCCl. The molecule has 0 radical (unpaired) electrons. The number of halogens is 1. The van der Waals surface area contributed by atoms with Gasteiger partial charge in [0.15, 0.2) is 0 Å². The predicted molar refractivity (Wildman–Crippen MR) is 33.5 cm³/mol. The largest absolute Gasteiger partial charge is 0.152 e. The van der Waals surface area contributed by atoms with Crippen LogP contribution in [0.4, 0.5) is 0 Å². The van der Waals surface area contributed by atoms with Gasteiger partial charge in [0, 0.05) is 5.88 Å². The van der Waals surface area contributed by atoms with Crippen molar-refractivity contribution in [3.05, 3.63) is 11.5 Å². The lowest BCUT2D eigenvalue weighted by Gasteiger charge is -1.74. The maximum atomic E-state index is 5.30. The highest BCUT2D eigenvalue weighted by molar-refractivity contribution is 7.83. The third kappa shape index (κ3) is 4.38. The number of rotatable bonds is 2. The minimum Gasteiger partial charge on any atom is -0.152 e. The first-order valence-electron chi connectivity index (χ1n) is 1.77. The summed E-state index contributed by atoms with van der Waals surface area (Å²) < 4.78 is 0. The second kappa shape index (κ2) is 5.38. The fourth-order valence-electron chi connectivity index (χ4n) is 0.138. The van der Waals surface area contributed by atoms with Crippen molar-refractivity contribution in [1.82, 2.24) is 0 Å². The molecule has 0 unspecified atom stereocenters. The van der Waals surface area contributed by atoms with E-state index in [0.717, 1.165) is 6.42 Å². The van der Waals surface area contributed by atoms with Crippen LogP contribution in [-0.2, 0) is 0 Å². The Balaban J connectivity index is 2.66. The topological polar surface area (TPSA) is 0 Å². The lowest BCUT2D eigenvalue weighted by Crippen LogP contribution is -1.61. The van der Waals surface area contributed by atoms with Crippen LogP contribution in [0.2, 0.25) is 0 Å². The maximum absolute atomic E-state index is 5.30. The van der Waals surface area contributed by atoms with Crippen molar-refractivity contribution in [2.24, 2.45) is 0 Å². The van der Waals surface area contributed by atoms with Gasteiger partial charge in [-0.1, -0.05) is 6.08 Å². The van der Waals surface area contributed by atoms with Gasteiger partial charge in [-0.3, -0.25) is 0 Å². The lowest BCUT2D eigenvalue weighted by molar-refractivity contribution is 1.24. The van der Waals surface area contributed by atoms with E-state index in [4.69, 9.17) is 11.6 Å². The van der Waals surface area contributed by atoms with Gasteiger partial charge in [-0.2, -0.15) is 12.6 Å². The molecule has 0 nitrogen and oxygen atoms in total. The molecular weight excluding hydrogens is 116 g/mol. The summed E-state index contributed by atoms with van der Waals surface area (Å²) in [7, 11) is 0. The van der Waals surface area contributed by atoms with Crippen LogP contribution in [0.15, 0.2) is 11.5 Å². The van der Waals surface area contributed by atoms with Crippen molar-refractivity contribution in [2.75, 3.05) is 5.88 Å². The first kappa shape index (κ1) is 6.38. The fraction of sp³-hybridized carbons (Fsp3) is 0.500. The number of hydrogen-bond acceptors (Lipinski definition) is 1. The molecule has 0 saturated carbocycles. The summed E-state index contributed by atoms with van der Waals surface area (Å²) in [6.07, 6.45) is 2.83. The van der Waals surface area contributed by atoms with Crippen LogP contribution in [0.3, 0.4) is 0 Å². The van der Waals surface area contributed by atoms with E-state index in [1.165, 1.54) is 0 Å². The third-order valence-electron chi connectivity index (χ3n) is 0.381. The Morgan fingerprint density at radius 3 is 2.50 bits per heavy atom. The van der Waals surface area contributed by atoms with E-state index < -0.39 is 0 Å². The highest BCUT2D eigenvalue weighted by Gasteiger charge is 1.67. The fourth-order valence-corrected chi connectivity index (χ4v) is 0.413. The van der Waals surface area contributed by atoms with E-state index in [-0.39, 0.29) is 0 Å². The molecule has 2 heteroatoms. The first-order valence-corrected chi connectivity index (χ1v) is 2.82. The third-order valence-corrected chi connectivity index (χ3v) is 0.810. The standard InChI is InChI=1S/C4H7ClS/c5-3-1-2-4-6/h2,4,6H,1,3H2. The molecule has 0 rings (SSSR count). The van der Waals surface area contributed by atoms with Gasteiger partial charge in [0.25, 0.3) is 0 Å². The van der Waals surface area contributed by atoms with Crippen LogP contribution < -0.4 is 0 Å². The Bertz CT molecular complexity index is 42.8. The Morgan fingerprint density at radius 1 is 1.67 bits per heavy atom. The number of hydrogen-bond donors (Lipinski definition) is 1. The monoisotopic (exact) mass is 122 g/mol. The van der Waals surface area contributed by atoms with Gasteiger partial charge in [0.05, 0.1) is 0 Å². The van der Waals surface area contributed by atoms with E-state index in [2.05, 4.69) is 12.6 Å². The van der Waals surface area contributed by atoms with Crippen LogP contribution in [0.25, 0.3) is 0 Å². The summed E-state index contributed by atoms with van der Waals surface area (Å²) in [6.45, 7) is 0. The zero-order valence-corrected chi connectivity index (χ0v) is 5.04. The van der Waals surface area contributed by atoms with Gasteiger partial charge in [0.2, 0.25) is 0 Å². The molecule has 0 aliphatic carbocycles. The lowest BCUT2D eigenvalue weighted by atomic mass is 10.5. The zero-order chi connectivity index (χ0) is 4.83. The molecule has 0 heterocycles. The van der Waals surface area contributed by atoms with Gasteiger partial charge >= 0.3 is 0 Å². The molecule has 0 fully saturated rings. The molecule has 0 N–H and O–H groups in total. The van der Waals surface area contributed by atoms with Crippen LogP contribution >= 0.6 is 24.2 Å². The Kier molecular flexibility index (Phi) is 5.72. The molecule has 0 spiro atoms. The van der Waals surface area contributed by atoms with Crippen molar-refractivity contribution in [2.45, 2.75) is 6.42 Å². The molecule has 0 aromatic carbocycles. The van der Waals surface area contributed by atoms with Gasteiger partial charge in [-0.15, -0.1) is 11.6 Å². The van der Waals surface area contributed by atoms with E-state index in [9.17, 15) is 0 Å². The minimum absolute atomic E-state index is 0.692. The molecule has 0 aromatic rings. The second-order valence-electron chi connectivity index (χ2n) is 0.862. The van der Waals surface area contributed by atoms with Crippen LogP contribution in [0.5, 0.6) is 0 Å². The highest BCUT2D eigenvalue weighted by atomic mass is 35.5. The van der Waals surface area contributed by atoms with Crippen molar-refractivity contribution in [1.29, 1.82) is 0 Å². The smallest absolute Gasteiger partial charge is 0.0258 e. The summed E-state index contributed by atoms with van der Waals surface area (Å²) in [6, 6.07) is 0. The van der Waals surface area contributed by atoms with Crippen molar-refractivity contribution >= 4 is 24.2 Å². The van der Waals surface area contributed by atoms with Gasteiger partial charge in [-0.25, -0.2) is 0 Å². The number of thiol groups is 1. The Hall–Kier alpha value is 0.380. The van der Waals surface area contributed by atoms with E-state index in [1.807, 2.05) is 6.08 Å². The maximum Gasteiger partial charge on any atom is 0.0258 e. The summed E-state index contributed by atoms with van der Waals surface area (Å²) in [5.74, 6) is 0.692. The van der Waals surface area contributed by atoms with Gasteiger partial charge in [0.1, 0.15) is 0 Å². The summed E-state index contributed by atoms with van der Waals surface area (Å²) in [5.41, 5.74) is 0. The van der Waals surface area contributed by atoms with E-state index in [1.54, 1.807) is 5.41 Å². The van der Waals surface area contributed by atoms with E-state index in [0.29, 0.717) is 5.88 Å². The van der Waals surface area contributed by atoms with Crippen LogP contribution in [-0.4, -0.2) is 5.88 Å². The number of allylic oxidation sites excluding steroid dienone is 1. The summed E-state index contributed by atoms with van der Waals surface area (Å²) in [4.78, 5) is 0. The Morgan fingerprint density at radius 2 is 2.33 bits per heavy atom. The molecule has 0 aromatic heterocycles. The zero-order valence-electron chi connectivity index (χ0n) is 3.39. The van der Waals surface area contributed by atoms with E-state index >= 15 is 0 Å². The average Bonchev–Trinajstić information content (AvgIpc) is 1.61. The van der Waals surface area contributed by atoms with Crippen molar-refractivity contribution in [3.8, 4) is 0 Å². The van der Waals surface area contributed by atoms with Crippen molar-refractivity contribution in [3.63, 3.8) is 0 Å². The number of alkyl halides is 1. The van der Waals surface area contributed by atoms with Gasteiger partial charge in [-0.05, 0) is 11.8 Å². The summed E-state index contributed by atoms with van der Waals surface area (Å²) in [5, 5.41) is 1.70. The minimum atomic E-state index is 0.692. The summed E-state index contributed by atoms with van der Waals surface area (Å²) >= 11 is 9.11. The molecule has 0 saturated heterocycles. The highest BCUT2D eigenvalue weighted by Crippen LogP contribution is 1.86. The second-order valence-corrected chi connectivity index (χ2v) is 1.54. The predicted octanol–water partition coefficient (Wildman–Crippen LogP) is 2.06. The molecule has 6 heavy (non-hydrogen) atoms. The molecule has 0 aliphatic rings.